The highest BCUT2D eigenvalue weighted by Crippen LogP contribution is 2.33. The number of benzene rings is 2. The number of carbonyl (C=O) groups is 3. The van der Waals surface area contributed by atoms with E-state index in [0.29, 0.717) is 26.0 Å². The average molecular weight is 694 g/mol. The number of alkyl carbamates (subject to hydrolysis) is 1. The minimum absolute atomic E-state index is 0.0180. The molecule has 0 saturated carbocycles. The fourth-order valence-corrected chi connectivity index (χ4v) is 6.91. The molecule has 264 valence electrons. The molecule has 1 aromatic heterocycles. The summed E-state index contributed by atoms with van der Waals surface area (Å²) in [5.41, 5.74) is 3.60. The Labute approximate surface area is 291 Å². The van der Waals surface area contributed by atoms with E-state index in [4.69, 9.17) is 14.2 Å². The van der Waals surface area contributed by atoms with Crippen molar-refractivity contribution in [1.29, 1.82) is 0 Å². The molecular weight excluding hydrogens is 646 g/mol. The molecule has 3 aromatic rings. The van der Waals surface area contributed by atoms with E-state index in [1.54, 1.807) is 18.8 Å². The van der Waals surface area contributed by atoms with Crippen LogP contribution in [0.2, 0.25) is 0 Å². The number of nitrogens with zero attached hydrogens (tertiary/aromatic N) is 2. The lowest BCUT2D eigenvalue weighted by molar-refractivity contribution is -0.124. The molecule has 4 amide bonds. The number of urea groups is 1. The van der Waals surface area contributed by atoms with Crippen LogP contribution in [-0.4, -0.2) is 89.9 Å². The molecule has 5 rings (SSSR count). The predicted molar refractivity (Wildman–Crippen MR) is 185 cm³/mol. The Morgan fingerprint density at radius 1 is 1.00 bits per heavy atom. The number of aliphatic hydroxyl groups excluding tert-OH is 1. The number of ether oxygens (including phenoxy) is 3. The fraction of sp³-hybridized carbons (Fsp3) is 0.500. The van der Waals surface area contributed by atoms with Gasteiger partial charge in [-0.25, -0.2) is 9.59 Å². The smallest absolute Gasteiger partial charge is 0.407 e. The summed E-state index contributed by atoms with van der Waals surface area (Å²) in [6.07, 6.45) is 0.878. The second-order valence-electron chi connectivity index (χ2n) is 13.1. The van der Waals surface area contributed by atoms with Crippen LogP contribution < -0.4 is 16.0 Å². The maximum atomic E-state index is 13.8. The summed E-state index contributed by atoms with van der Waals surface area (Å²) in [4.78, 5) is 46.6. The zero-order chi connectivity index (χ0) is 34.8. The SMILES string of the molecule is CC(C)[C@@H](NC(=O)N(C)Cc1cncs1)C(=O)N[C@@H](Cc1ccccc1)C[C@H](O)[C@H](Cc1ccccc1)NC(=O)O[C@H]1CO[C@H]2OCC[C@H]21. The summed E-state index contributed by atoms with van der Waals surface area (Å²) in [5.74, 6) is -0.588. The summed E-state index contributed by atoms with van der Waals surface area (Å²) in [7, 11) is 1.67. The van der Waals surface area contributed by atoms with Crippen LogP contribution in [0.1, 0.15) is 42.7 Å². The number of fused-ring (bicyclic) bond motifs is 1. The summed E-state index contributed by atoms with van der Waals surface area (Å²) in [6.45, 7) is 4.93. The summed E-state index contributed by atoms with van der Waals surface area (Å²) in [5, 5.41) is 20.6. The number of nitrogens with one attached hydrogen (secondary N) is 3. The van der Waals surface area contributed by atoms with Gasteiger partial charge in [-0.3, -0.25) is 9.78 Å². The van der Waals surface area contributed by atoms with Crippen LogP contribution in [0, 0.1) is 11.8 Å². The van der Waals surface area contributed by atoms with E-state index in [1.807, 2.05) is 74.5 Å². The highest BCUT2D eigenvalue weighted by molar-refractivity contribution is 7.09. The van der Waals surface area contributed by atoms with Crippen LogP contribution in [0.3, 0.4) is 0 Å². The number of amides is 4. The average Bonchev–Trinajstić information content (AvgIpc) is 3.85. The van der Waals surface area contributed by atoms with Gasteiger partial charge in [0.25, 0.3) is 0 Å². The fourth-order valence-electron chi connectivity index (χ4n) is 6.26. The van der Waals surface area contributed by atoms with Gasteiger partial charge in [-0.1, -0.05) is 74.5 Å². The number of hydrogen-bond acceptors (Lipinski definition) is 9. The molecule has 0 bridgehead atoms. The topological polar surface area (TPSA) is 151 Å². The molecule has 0 unspecified atom stereocenters. The van der Waals surface area contributed by atoms with E-state index in [-0.39, 0.29) is 43.1 Å². The van der Waals surface area contributed by atoms with Crippen molar-refractivity contribution in [2.75, 3.05) is 20.3 Å². The van der Waals surface area contributed by atoms with Crippen LogP contribution in [0.5, 0.6) is 0 Å². The van der Waals surface area contributed by atoms with E-state index < -0.39 is 36.4 Å². The number of hydrogen-bond donors (Lipinski definition) is 4. The Balaban J connectivity index is 1.28. The van der Waals surface area contributed by atoms with Gasteiger partial charge < -0.3 is 40.2 Å². The number of thiazole rings is 1. The van der Waals surface area contributed by atoms with Crippen LogP contribution in [0.4, 0.5) is 9.59 Å². The minimum atomic E-state index is -1.05. The number of aliphatic hydroxyl groups is 1. The van der Waals surface area contributed by atoms with Gasteiger partial charge in [0.2, 0.25) is 5.91 Å². The van der Waals surface area contributed by atoms with Crippen LogP contribution >= 0.6 is 11.3 Å². The molecule has 2 fully saturated rings. The molecule has 13 heteroatoms. The number of aromatic nitrogens is 1. The second kappa shape index (κ2) is 17.6. The van der Waals surface area contributed by atoms with Gasteiger partial charge in [0.15, 0.2) is 6.29 Å². The number of carbonyl (C=O) groups excluding carboxylic acids is 3. The third kappa shape index (κ3) is 10.5. The van der Waals surface area contributed by atoms with Gasteiger partial charge in [0.1, 0.15) is 12.1 Å². The standard InChI is InChI=1S/C36H47N5O7S/c1-23(2)32(40-35(44)41(3)20-27-19-37-22-49-27)33(43)38-26(16-24-10-6-4-7-11-24)18-30(42)29(17-25-12-8-5-9-13-25)39-36(45)48-31-21-47-34-28(31)14-15-46-34/h4-13,19,22-23,26,28-32,34,42H,14-18,20-21H2,1-3H3,(H,38,43)(H,39,45)(H,40,44)/t26-,28-,29-,30-,31-,32+,34+/m0/s1. The van der Waals surface area contributed by atoms with Crippen molar-refractivity contribution in [2.45, 2.75) is 82.7 Å². The molecule has 0 spiro atoms. The first-order valence-electron chi connectivity index (χ1n) is 16.8. The summed E-state index contributed by atoms with van der Waals surface area (Å²) in [6, 6.07) is 16.8. The van der Waals surface area contributed by atoms with Crippen molar-refractivity contribution in [3.8, 4) is 0 Å². The molecule has 4 N–H and O–H groups in total. The molecule has 3 heterocycles. The van der Waals surface area contributed by atoms with Crippen molar-refractivity contribution < 1.29 is 33.7 Å². The highest BCUT2D eigenvalue weighted by atomic mass is 32.1. The van der Waals surface area contributed by atoms with Crippen molar-refractivity contribution in [3.05, 3.63) is 88.4 Å². The summed E-state index contributed by atoms with van der Waals surface area (Å²) < 4.78 is 17.0. The molecule has 2 aliphatic rings. The van der Waals surface area contributed by atoms with Crippen molar-refractivity contribution >= 4 is 29.4 Å². The van der Waals surface area contributed by atoms with E-state index >= 15 is 0 Å². The molecule has 2 saturated heterocycles. The van der Waals surface area contributed by atoms with E-state index in [2.05, 4.69) is 20.9 Å². The zero-order valence-electron chi connectivity index (χ0n) is 28.2. The van der Waals surface area contributed by atoms with Crippen molar-refractivity contribution in [2.24, 2.45) is 11.8 Å². The van der Waals surface area contributed by atoms with Crippen LogP contribution in [-0.2, 0) is 38.4 Å². The normalized spacial score (nSPS) is 20.9. The largest absolute Gasteiger partial charge is 0.443 e. The third-order valence-corrected chi connectivity index (χ3v) is 9.72. The van der Waals surface area contributed by atoms with Gasteiger partial charge >= 0.3 is 12.1 Å². The van der Waals surface area contributed by atoms with Gasteiger partial charge in [0, 0.05) is 24.2 Å². The Morgan fingerprint density at radius 3 is 2.35 bits per heavy atom. The lowest BCUT2D eigenvalue weighted by atomic mass is 9.93. The van der Waals surface area contributed by atoms with Gasteiger partial charge in [0.05, 0.1) is 43.3 Å². The molecule has 7 atom stereocenters. The van der Waals surface area contributed by atoms with Crippen LogP contribution in [0.15, 0.2) is 72.4 Å². The van der Waals surface area contributed by atoms with Crippen molar-refractivity contribution in [3.63, 3.8) is 0 Å². The van der Waals surface area contributed by atoms with Gasteiger partial charge in [-0.15, -0.1) is 11.3 Å². The zero-order valence-corrected chi connectivity index (χ0v) is 29.0. The Bertz CT molecular complexity index is 1480. The number of rotatable bonds is 15. The lowest BCUT2D eigenvalue weighted by Crippen LogP contribution is -2.55. The predicted octanol–water partition coefficient (Wildman–Crippen LogP) is 3.89. The van der Waals surface area contributed by atoms with Gasteiger partial charge in [-0.05, 0) is 42.7 Å². The molecule has 0 radical (unpaired) electrons. The Hall–Kier alpha value is -4.04. The molecule has 2 aromatic carbocycles. The Kier molecular flexibility index (Phi) is 13.0. The quantitative estimate of drug-likeness (QED) is 0.187. The summed E-state index contributed by atoms with van der Waals surface area (Å²) >= 11 is 1.45. The van der Waals surface area contributed by atoms with Crippen molar-refractivity contribution in [1.82, 2.24) is 25.8 Å². The first-order valence-corrected chi connectivity index (χ1v) is 17.7. The lowest BCUT2D eigenvalue weighted by Gasteiger charge is -2.31. The van der Waals surface area contributed by atoms with Crippen LogP contribution in [0.25, 0.3) is 0 Å². The monoisotopic (exact) mass is 693 g/mol. The molecule has 49 heavy (non-hydrogen) atoms. The first kappa shape index (κ1) is 36.2. The van der Waals surface area contributed by atoms with Gasteiger partial charge in [-0.2, -0.15) is 0 Å². The maximum absolute atomic E-state index is 13.8. The maximum Gasteiger partial charge on any atom is 0.407 e. The molecule has 0 aliphatic carbocycles. The molecule has 12 nitrogen and oxygen atoms in total. The minimum Gasteiger partial charge on any atom is -0.443 e. The highest BCUT2D eigenvalue weighted by Gasteiger charge is 2.44. The Morgan fingerprint density at radius 2 is 1.69 bits per heavy atom. The van der Waals surface area contributed by atoms with E-state index in [1.165, 1.54) is 16.2 Å². The van der Waals surface area contributed by atoms with E-state index in [0.717, 1.165) is 22.4 Å². The first-order chi connectivity index (χ1) is 23.7. The molecule has 2 aliphatic heterocycles. The third-order valence-electron chi connectivity index (χ3n) is 8.96. The second-order valence-corrected chi connectivity index (χ2v) is 14.1. The molecular formula is C36H47N5O7S. The van der Waals surface area contributed by atoms with E-state index in [9.17, 15) is 19.5 Å².